The third kappa shape index (κ3) is 1.98. The van der Waals surface area contributed by atoms with Gasteiger partial charge in [-0.05, 0) is 6.07 Å². The highest BCUT2D eigenvalue weighted by Crippen LogP contribution is 2.40. The number of hydrogen-bond acceptors (Lipinski definition) is 7. The molecule has 8 nitrogen and oxygen atoms in total. The number of nitriles is 1. The summed E-state index contributed by atoms with van der Waals surface area (Å²) in [5, 5.41) is 28.3. The Labute approximate surface area is 108 Å². The summed E-state index contributed by atoms with van der Waals surface area (Å²) in [6, 6.07) is 3.17. The Hall–Kier alpha value is -1.95. The van der Waals surface area contributed by atoms with Crippen LogP contribution in [-0.4, -0.2) is 38.1 Å². The Bertz CT molecular complexity index is 581. The van der Waals surface area contributed by atoms with Crippen molar-refractivity contribution in [2.75, 3.05) is 12.3 Å². The topological polar surface area (TPSA) is 134 Å². The lowest BCUT2D eigenvalue weighted by molar-refractivity contribution is -0.0931. The van der Waals surface area contributed by atoms with Crippen LogP contribution in [0.5, 0.6) is 0 Å². The van der Waals surface area contributed by atoms with E-state index >= 15 is 0 Å². The number of aliphatic hydroxyl groups is 2. The Balaban J connectivity index is 2.43. The summed E-state index contributed by atoms with van der Waals surface area (Å²) >= 11 is 0. The van der Waals surface area contributed by atoms with Gasteiger partial charge in [0, 0.05) is 12.1 Å². The average Bonchev–Trinajstić information content (AvgIpc) is 2.64. The zero-order valence-electron chi connectivity index (χ0n) is 10.2. The van der Waals surface area contributed by atoms with E-state index in [1.807, 2.05) is 0 Å². The van der Waals surface area contributed by atoms with Crippen molar-refractivity contribution in [3.8, 4) is 6.07 Å². The van der Waals surface area contributed by atoms with Crippen LogP contribution >= 0.6 is 0 Å². The van der Waals surface area contributed by atoms with E-state index < -0.39 is 36.1 Å². The molecule has 2 heterocycles. The lowest BCUT2D eigenvalue weighted by Gasteiger charge is -2.21. The van der Waals surface area contributed by atoms with Gasteiger partial charge in [0.2, 0.25) is 5.60 Å². The quantitative estimate of drug-likeness (QED) is 0.599. The highest BCUT2D eigenvalue weighted by molar-refractivity contribution is 5.24. The van der Waals surface area contributed by atoms with Gasteiger partial charge < -0.3 is 20.7 Å². The number of aliphatic hydroxyl groups excluding tert-OH is 2. The number of nitrogens with two attached hydrogens (primary N) is 1. The maximum absolute atomic E-state index is 11.7. The highest BCUT2D eigenvalue weighted by Gasteiger charge is 2.54. The largest absolute Gasteiger partial charge is 0.392 e. The van der Waals surface area contributed by atoms with Gasteiger partial charge in [-0.15, -0.1) is 0 Å². The monoisotopic (exact) mass is 266 g/mol. The van der Waals surface area contributed by atoms with Gasteiger partial charge in [0.05, 0.1) is 6.61 Å². The number of ether oxygens (including phenoxy) is 1. The normalized spacial score (nSPS) is 34.1. The van der Waals surface area contributed by atoms with Crippen molar-refractivity contribution in [1.82, 2.24) is 9.55 Å². The molecule has 0 unspecified atom stereocenters. The molecular weight excluding hydrogens is 252 g/mol. The first-order valence-electron chi connectivity index (χ1n) is 5.68. The van der Waals surface area contributed by atoms with E-state index in [1.54, 1.807) is 13.0 Å². The molecule has 1 aromatic rings. The zero-order valence-corrected chi connectivity index (χ0v) is 10.2. The molecule has 19 heavy (non-hydrogen) atoms. The number of aromatic nitrogens is 2. The van der Waals surface area contributed by atoms with Crippen LogP contribution in [0, 0.1) is 17.2 Å². The molecule has 1 aliphatic rings. The lowest BCUT2D eigenvalue weighted by Crippen LogP contribution is -2.43. The van der Waals surface area contributed by atoms with Crippen LogP contribution in [0.2, 0.25) is 0 Å². The molecule has 0 radical (unpaired) electrons. The fourth-order valence-electron chi connectivity index (χ4n) is 2.16. The van der Waals surface area contributed by atoms with Crippen LogP contribution in [0.25, 0.3) is 0 Å². The third-order valence-electron chi connectivity index (χ3n) is 3.31. The molecular formula is C11H14N4O4. The average molecular weight is 266 g/mol. The van der Waals surface area contributed by atoms with Crippen LogP contribution in [0.15, 0.2) is 17.1 Å². The Kier molecular flexibility index (Phi) is 3.28. The molecule has 0 amide bonds. The van der Waals surface area contributed by atoms with Gasteiger partial charge in [-0.25, -0.2) is 4.79 Å². The SMILES string of the molecule is C[C@H]1[C@H](n2ccc(N)nc2=O)O[C@](C#N)(CO)[C@H]1O. The second-order valence-electron chi connectivity index (χ2n) is 4.51. The molecule has 0 bridgehead atoms. The molecule has 4 N–H and O–H groups in total. The van der Waals surface area contributed by atoms with Crippen LogP contribution in [0.4, 0.5) is 5.82 Å². The summed E-state index contributed by atoms with van der Waals surface area (Å²) in [4.78, 5) is 15.3. The van der Waals surface area contributed by atoms with Crippen LogP contribution < -0.4 is 11.4 Å². The molecule has 2 rings (SSSR count). The summed E-state index contributed by atoms with van der Waals surface area (Å²) in [5.41, 5.74) is 3.01. The molecule has 0 spiro atoms. The summed E-state index contributed by atoms with van der Waals surface area (Å²) in [7, 11) is 0. The van der Waals surface area contributed by atoms with Crippen molar-refractivity contribution in [2.24, 2.45) is 5.92 Å². The van der Waals surface area contributed by atoms with Crippen LogP contribution in [-0.2, 0) is 4.74 Å². The number of nitrogens with zero attached hydrogens (tertiary/aromatic N) is 3. The first-order valence-corrected chi connectivity index (χ1v) is 5.68. The minimum absolute atomic E-state index is 0.0705. The van der Waals surface area contributed by atoms with E-state index in [2.05, 4.69) is 4.98 Å². The number of nitrogen functional groups attached to an aromatic ring is 1. The van der Waals surface area contributed by atoms with Crippen LogP contribution in [0.1, 0.15) is 13.2 Å². The molecule has 1 aromatic heterocycles. The van der Waals surface area contributed by atoms with Crippen molar-refractivity contribution in [3.05, 3.63) is 22.7 Å². The number of rotatable bonds is 2. The molecule has 8 heteroatoms. The van der Waals surface area contributed by atoms with Crippen molar-refractivity contribution >= 4 is 5.82 Å². The van der Waals surface area contributed by atoms with Gasteiger partial charge in [-0.1, -0.05) is 6.92 Å². The molecule has 0 aromatic carbocycles. The fourth-order valence-corrected chi connectivity index (χ4v) is 2.16. The third-order valence-corrected chi connectivity index (χ3v) is 3.31. The van der Waals surface area contributed by atoms with Gasteiger partial charge in [-0.2, -0.15) is 10.2 Å². The second kappa shape index (κ2) is 4.62. The summed E-state index contributed by atoms with van der Waals surface area (Å²) in [6.07, 6.45) is -0.719. The van der Waals surface area contributed by atoms with E-state index in [9.17, 15) is 15.0 Å². The zero-order chi connectivity index (χ0) is 14.2. The fraction of sp³-hybridized carbons (Fsp3) is 0.545. The Morgan fingerprint density at radius 3 is 2.89 bits per heavy atom. The minimum atomic E-state index is -1.73. The molecule has 0 aliphatic carbocycles. The predicted octanol–water partition coefficient (Wildman–Crippen LogP) is -1.39. The highest BCUT2D eigenvalue weighted by atomic mass is 16.6. The van der Waals surface area contributed by atoms with Crippen molar-refractivity contribution in [3.63, 3.8) is 0 Å². The first-order chi connectivity index (χ1) is 8.95. The van der Waals surface area contributed by atoms with E-state index in [1.165, 1.54) is 12.3 Å². The summed E-state index contributed by atoms with van der Waals surface area (Å²) in [5.74, 6) is -0.490. The molecule has 102 valence electrons. The van der Waals surface area contributed by atoms with Gasteiger partial charge in [0.1, 0.15) is 24.2 Å². The Morgan fingerprint density at radius 2 is 2.42 bits per heavy atom. The second-order valence-corrected chi connectivity index (χ2v) is 4.51. The number of hydrogen-bond donors (Lipinski definition) is 3. The maximum Gasteiger partial charge on any atom is 0.351 e. The van der Waals surface area contributed by atoms with E-state index in [-0.39, 0.29) is 5.82 Å². The minimum Gasteiger partial charge on any atom is -0.392 e. The van der Waals surface area contributed by atoms with Crippen molar-refractivity contribution in [2.45, 2.75) is 24.9 Å². The first kappa shape index (κ1) is 13.5. The van der Waals surface area contributed by atoms with Crippen LogP contribution in [0.3, 0.4) is 0 Å². The lowest BCUT2D eigenvalue weighted by atomic mass is 9.92. The van der Waals surface area contributed by atoms with Crippen molar-refractivity contribution in [1.29, 1.82) is 5.26 Å². The van der Waals surface area contributed by atoms with Crippen molar-refractivity contribution < 1.29 is 14.9 Å². The van der Waals surface area contributed by atoms with E-state index in [0.29, 0.717) is 0 Å². The van der Waals surface area contributed by atoms with E-state index in [0.717, 1.165) is 4.57 Å². The predicted molar refractivity (Wildman–Crippen MR) is 63.6 cm³/mol. The van der Waals surface area contributed by atoms with Gasteiger partial charge in [0.15, 0.2) is 0 Å². The molecule has 1 saturated heterocycles. The molecule has 0 saturated carbocycles. The molecule has 1 fully saturated rings. The molecule has 1 aliphatic heterocycles. The summed E-state index contributed by atoms with van der Waals surface area (Å²) in [6.45, 7) is 0.954. The maximum atomic E-state index is 11.7. The summed E-state index contributed by atoms with van der Waals surface area (Å²) < 4.78 is 6.54. The van der Waals surface area contributed by atoms with Gasteiger partial charge in [-0.3, -0.25) is 4.57 Å². The Morgan fingerprint density at radius 1 is 1.74 bits per heavy atom. The van der Waals surface area contributed by atoms with Gasteiger partial charge in [0.25, 0.3) is 0 Å². The van der Waals surface area contributed by atoms with E-state index in [4.69, 9.17) is 15.7 Å². The number of anilines is 1. The molecule has 4 atom stereocenters. The van der Waals surface area contributed by atoms with Gasteiger partial charge >= 0.3 is 5.69 Å². The smallest absolute Gasteiger partial charge is 0.351 e. The standard InChI is InChI=1S/C11H14N4O4/c1-6-8(17)11(4-12,5-16)19-9(6)15-3-2-7(13)14-10(15)18/h2-3,6,8-9,16-17H,5H2,1H3,(H2,13,14,18)/t6-,8+,9-,11-/m1/s1.